The third-order valence-corrected chi connectivity index (χ3v) is 6.79. The minimum Gasteiger partial charge on any atom is -0.497 e. The van der Waals surface area contributed by atoms with E-state index in [0.29, 0.717) is 41.5 Å². The fourth-order valence-electron chi connectivity index (χ4n) is 4.33. The number of methoxy groups -OCH3 is 2. The van der Waals surface area contributed by atoms with Crippen molar-refractivity contribution in [2.75, 3.05) is 25.7 Å². The Kier molecular flexibility index (Phi) is 5.19. The summed E-state index contributed by atoms with van der Waals surface area (Å²) in [4.78, 5) is 31.5. The zero-order valence-corrected chi connectivity index (χ0v) is 18.6. The Bertz CT molecular complexity index is 1230. The minimum atomic E-state index is -0.338. The van der Waals surface area contributed by atoms with Gasteiger partial charge in [0.1, 0.15) is 17.2 Å². The van der Waals surface area contributed by atoms with Crippen LogP contribution in [-0.4, -0.2) is 37.5 Å². The maximum atomic E-state index is 13.8. The van der Waals surface area contributed by atoms with E-state index in [-0.39, 0.29) is 11.8 Å². The second kappa shape index (κ2) is 8.16. The first-order valence-electron chi connectivity index (χ1n) is 10.3. The Balaban J connectivity index is 1.60. The van der Waals surface area contributed by atoms with Crippen molar-refractivity contribution in [1.82, 2.24) is 4.90 Å². The number of imide groups is 1. The highest BCUT2D eigenvalue weighted by Crippen LogP contribution is 2.41. The Morgan fingerprint density at radius 2 is 1.72 bits per heavy atom. The summed E-state index contributed by atoms with van der Waals surface area (Å²) in [7, 11) is 3.07. The molecule has 0 spiro atoms. The molecule has 0 saturated carbocycles. The lowest BCUT2D eigenvalue weighted by atomic mass is 9.99. The van der Waals surface area contributed by atoms with Crippen LogP contribution in [0, 0.1) is 0 Å². The maximum absolute atomic E-state index is 13.8. The molecule has 162 valence electrons. The summed E-state index contributed by atoms with van der Waals surface area (Å²) in [5.74, 6) is 0.321. The van der Waals surface area contributed by atoms with E-state index >= 15 is 0 Å². The van der Waals surface area contributed by atoms with Crippen LogP contribution in [0.4, 0.5) is 5.69 Å². The number of fused-ring (bicyclic) bond motifs is 1. The molecule has 0 aliphatic carbocycles. The van der Waals surface area contributed by atoms with Crippen LogP contribution in [0.5, 0.6) is 11.5 Å². The number of nitrogens with zero attached hydrogens (tertiary/aromatic N) is 2. The molecule has 32 heavy (non-hydrogen) atoms. The molecule has 2 amide bonds. The lowest BCUT2D eigenvalue weighted by molar-refractivity contribution is -0.120. The predicted octanol–water partition coefficient (Wildman–Crippen LogP) is 4.11. The van der Waals surface area contributed by atoms with Gasteiger partial charge in [0, 0.05) is 24.0 Å². The Morgan fingerprint density at radius 1 is 0.906 bits per heavy atom. The molecular formula is C25H22N2O4S. The number of benzene rings is 2. The molecule has 0 unspecified atom stereocenters. The monoisotopic (exact) mass is 446 g/mol. The summed E-state index contributed by atoms with van der Waals surface area (Å²) in [6.45, 7) is 1.26. The van der Waals surface area contributed by atoms with Crippen LogP contribution in [0.15, 0.2) is 65.7 Å². The van der Waals surface area contributed by atoms with E-state index in [1.54, 1.807) is 25.3 Å². The van der Waals surface area contributed by atoms with Crippen molar-refractivity contribution in [3.05, 3.63) is 81.7 Å². The van der Waals surface area contributed by atoms with Crippen molar-refractivity contribution >= 4 is 34.4 Å². The second-order valence-corrected chi connectivity index (χ2v) is 8.57. The van der Waals surface area contributed by atoms with E-state index in [9.17, 15) is 9.59 Å². The standard InChI is InChI=1S/C25H22N2O4S/c1-30-18-9-10-19(20(14-18)31-2)27-24(28)22(21-8-5-13-32-21)23(25(27)29)26-12-11-16-6-3-4-7-17(16)15-26/h3-10,13-14H,11-12,15H2,1-2H3. The highest BCUT2D eigenvalue weighted by Gasteiger charge is 2.44. The van der Waals surface area contributed by atoms with E-state index < -0.39 is 0 Å². The molecule has 0 bridgehead atoms. The van der Waals surface area contributed by atoms with Gasteiger partial charge >= 0.3 is 0 Å². The highest BCUT2D eigenvalue weighted by molar-refractivity contribution is 7.11. The number of carbonyl (C=O) groups is 2. The summed E-state index contributed by atoms with van der Waals surface area (Å²) in [5.41, 5.74) is 3.77. The molecule has 0 saturated heterocycles. The Labute approximate surface area is 190 Å². The molecule has 0 radical (unpaired) electrons. The van der Waals surface area contributed by atoms with Crippen LogP contribution >= 0.6 is 11.3 Å². The van der Waals surface area contributed by atoms with Gasteiger partial charge in [0.25, 0.3) is 11.8 Å². The van der Waals surface area contributed by atoms with Gasteiger partial charge in [0.15, 0.2) is 0 Å². The zero-order valence-electron chi connectivity index (χ0n) is 17.8. The average Bonchev–Trinajstić information content (AvgIpc) is 3.44. The van der Waals surface area contributed by atoms with Crippen LogP contribution in [0.1, 0.15) is 16.0 Å². The Morgan fingerprint density at radius 3 is 2.44 bits per heavy atom. The van der Waals surface area contributed by atoms with Crippen LogP contribution < -0.4 is 14.4 Å². The zero-order chi connectivity index (χ0) is 22.2. The second-order valence-electron chi connectivity index (χ2n) is 7.62. The molecule has 5 rings (SSSR count). The predicted molar refractivity (Wildman–Crippen MR) is 124 cm³/mol. The third kappa shape index (κ3) is 3.26. The van der Waals surface area contributed by atoms with Crippen molar-refractivity contribution in [2.24, 2.45) is 0 Å². The highest BCUT2D eigenvalue weighted by atomic mass is 32.1. The van der Waals surface area contributed by atoms with E-state index in [1.807, 2.05) is 34.5 Å². The molecule has 2 aromatic carbocycles. The van der Waals surface area contributed by atoms with Crippen molar-refractivity contribution in [2.45, 2.75) is 13.0 Å². The van der Waals surface area contributed by atoms with Gasteiger partial charge in [-0.1, -0.05) is 30.3 Å². The minimum absolute atomic E-state index is 0.332. The first-order chi connectivity index (χ1) is 15.6. The molecule has 0 atom stereocenters. The Hall–Kier alpha value is -3.58. The number of anilines is 1. The van der Waals surface area contributed by atoms with Crippen molar-refractivity contribution in [3.63, 3.8) is 0 Å². The lowest BCUT2D eigenvalue weighted by Gasteiger charge is -2.31. The van der Waals surface area contributed by atoms with Crippen LogP contribution in [0.25, 0.3) is 5.57 Å². The number of ether oxygens (including phenoxy) is 2. The quantitative estimate of drug-likeness (QED) is 0.552. The first-order valence-corrected chi connectivity index (χ1v) is 11.2. The summed E-state index contributed by atoms with van der Waals surface area (Å²) in [6.07, 6.45) is 0.824. The number of amides is 2. The van der Waals surface area contributed by atoms with Gasteiger partial charge in [-0.2, -0.15) is 0 Å². The molecule has 3 heterocycles. The van der Waals surface area contributed by atoms with Crippen LogP contribution in [-0.2, 0) is 22.6 Å². The molecular weight excluding hydrogens is 424 g/mol. The number of rotatable bonds is 5. The first kappa shape index (κ1) is 20.3. The summed E-state index contributed by atoms with van der Waals surface area (Å²) < 4.78 is 10.8. The smallest absolute Gasteiger partial charge is 0.282 e. The maximum Gasteiger partial charge on any atom is 0.282 e. The van der Waals surface area contributed by atoms with Crippen molar-refractivity contribution < 1.29 is 19.1 Å². The third-order valence-electron chi connectivity index (χ3n) is 5.90. The molecule has 7 heteroatoms. The number of hydrogen-bond acceptors (Lipinski definition) is 6. The van der Waals surface area contributed by atoms with Gasteiger partial charge in [0.2, 0.25) is 0 Å². The lowest BCUT2D eigenvalue weighted by Crippen LogP contribution is -2.37. The molecule has 0 N–H and O–H groups in total. The summed E-state index contributed by atoms with van der Waals surface area (Å²) in [5, 5.41) is 1.92. The van der Waals surface area contributed by atoms with Crippen molar-refractivity contribution in [1.29, 1.82) is 0 Å². The molecule has 6 nitrogen and oxygen atoms in total. The van der Waals surface area contributed by atoms with Gasteiger partial charge in [-0.3, -0.25) is 9.59 Å². The summed E-state index contributed by atoms with van der Waals surface area (Å²) in [6, 6.07) is 17.1. The van der Waals surface area contributed by atoms with E-state index in [2.05, 4.69) is 12.1 Å². The fourth-order valence-corrected chi connectivity index (χ4v) is 5.09. The number of carbonyl (C=O) groups excluding carboxylic acids is 2. The number of hydrogen-bond donors (Lipinski definition) is 0. The van der Waals surface area contributed by atoms with Gasteiger partial charge in [-0.25, -0.2) is 4.90 Å². The summed E-state index contributed by atoms with van der Waals surface area (Å²) >= 11 is 1.46. The van der Waals surface area contributed by atoms with Gasteiger partial charge in [0.05, 0.1) is 25.5 Å². The molecule has 2 aliphatic rings. The average molecular weight is 447 g/mol. The van der Waals surface area contributed by atoms with Gasteiger partial charge < -0.3 is 14.4 Å². The van der Waals surface area contributed by atoms with Crippen LogP contribution in [0.3, 0.4) is 0 Å². The fraction of sp³-hybridized carbons (Fsp3) is 0.200. The van der Waals surface area contributed by atoms with E-state index in [0.717, 1.165) is 11.3 Å². The van der Waals surface area contributed by atoms with Crippen molar-refractivity contribution in [3.8, 4) is 11.5 Å². The molecule has 1 aromatic heterocycles. The van der Waals surface area contributed by atoms with E-state index in [1.165, 1.54) is 34.5 Å². The van der Waals surface area contributed by atoms with Gasteiger partial charge in [-0.15, -0.1) is 11.3 Å². The van der Waals surface area contributed by atoms with Gasteiger partial charge in [-0.05, 0) is 41.1 Å². The SMILES string of the molecule is COc1ccc(N2C(=O)C(c3cccs3)=C(N3CCc4ccccc4C3)C2=O)c(OC)c1. The van der Waals surface area contributed by atoms with E-state index in [4.69, 9.17) is 9.47 Å². The normalized spacial score (nSPS) is 15.9. The number of thiophene rings is 1. The molecule has 3 aromatic rings. The molecule has 2 aliphatic heterocycles. The molecule has 0 fully saturated rings. The largest absolute Gasteiger partial charge is 0.497 e. The topological polar surface area (TPSA) is 59.1 Å². The van der Waals surface area contributed by atoms with Crippen LogP contribution in [0.2, 0.25) is 0 Å².